The van der Waals surface area contributed by atoms with Crippen LogP contribution in [0.4, 0.5) is 4.39 Å². The van der Waals surface area contributed by atoms with Crippen molar-refractivity contribution in [1.82, 2.24) is 10.1 Å². The van der Waals surface area contributed by atoms with Gasteiger partial charge in [-0.2, -0.15) is 4.98 Å². The predicted octanol–water partition coefficient (Wildman–Crippen LogP) is 2.06. The lowest BCUT2D eigenvalue weighted by Crippen LogP contribution is -2.06. The minimum absolute atomic E-state index is 0.0785. The molecule has 0 atom stereocenters. The van der Waals surface area contributed by atoms with E-state index in [0.717, 1.165) is 18.9 Å². The Hall–Kier alpha value is -1.76. The first-order chi connectivity index (χ1) is 9.04. The Labute approximate surface area is 109 Å². The van der Waals surface area contributed by atoms with Crippen LogP contribution >= 0.6 is 0 Å². The summed E-state index contributed by atoms with van der Waals surface area (Å²) in [6, 6.07) is 4.88. The quantitative estimate of drug-likeness (QED) is 0.858. The third kappa shape index (κ3) is 2.65. The molecule has 0 aliphatic heterocycles. The number of aromatic nitrogens is 2. The zero-order valence-corrected chi connectivity index (χ0v) is 10.7. The van der Waals surface area contributed by atoms with E-state index in [1.807, 2.05) is 0 Å². The summed E-state index contributed by atoms with van der Waals surface area (Å²) in [5.41, 5.74) is 0. The Morgan fingerprint density at radius 3 is 2.84 bits per heavy atom. The maximum absolute atomic E-state index is 13.0. The molecule has 1 fully saturated rings. The van der Waals surface area contributed by atoms with Gasteiger partial charge in [-0.15, -0.1) is 0 Å². The van der Waals surface area contributed by atoms with Crippen LogP contribution in [0.3, 0.4) is 0 Å². The van der Waals surface area contributed by atoms with Gasteiger partial charge >= 0.3 is 0 Å². The molecular formula is C12H11FN2O3S. The van der Waals surface area contributed by atoms with Gasteiger partial charge in [-0.05, 0) is 31.0 Å². The van der Waals surface area contributed by atoms with Crippen LogP contribution in [0.1, 0.15) is 30.5 Å². The van der Waals surface area contributed by atoms with Crippen LogP contribution in [0.2, 0.25) is 0 Å². The predicted molar refractivity (Wildman–Crippen MR) is 63.6 cm³/mol. The summed E-state index contributed by atoms with van der Waals surface area (Å²) in [6.07, 6.45) is 2.00. The van der Waals surface area contributed by atoms with Crippen molar-refractivity contribution in [3.05, 3.63) is 41.8 Å². The van der Waals surface area contributed by atoms with E-state index in [1.54, 1.807) is 0 Å². The molecule has 1 heterocycles. The minimum atomic E-state index is -3.65. The van der Waals surface area contributed by atoms with Crippen LogP contribution < -0.4 is 0 Å². The molecule has 1 saturated carbocycles. The van der Waals surface area contributed by atoms with Crippen molar-refractivity contribution in [2.45, 2.75) is 29.4 Å². The standard InChI is InChI=1S/C12H11FN2O3S/c13-9-2-1-3-10(6-9)19(16,17)7-11-14-12(18-15-11)8-4-5-8/h1-3,6,8H,4-5,7H2. The van der Waals surface area contributed by atoms with E-state index < -0.39 is 15.7 Å². The zero-order chi connectivity index (χ0) is 13.5. The lowest BCUT2D eigenvalue weighted by atomic mass is 10.4. The number of hydrogen-bond acceptors (Lipinski definition) is 5. The molecule has 19 heavy (non-hydrogen) atoms. The molecule has 1 aromatic carbocycles. The van der Waals surface area contributed by atoms with Gasteiger partial charge in [0, 0.05) is 5.92 Å². The SMILES string of the molecule is O=S(=O)(Cc1noc(C2CC2)n1)c1cccc(F)c1. The summed E-state index contributed by atoms with van der Waals surface area (Å²) in [5.74, 6) is -0.0891. The van der Waals surface area contributed by atoms with E-state index in [1.165, 1.54) is 18.2 Å². The Balaban J connectivity index is 1.84. The van der Waals surface area contributed by atoms with Crippen LogP contribution in [0.15, 0.2) is 33.7 Å². The molecule has 0 N–H and O–H groups in total. The average molecular weight is 282 g/mol. The number of halogens is 1. The third-order valence-electron chi connectivity index (χ3n) is 2.88. The highest BCUT2D eigenvalue weighted by Crippen LogP contribution is 2.38. The summed E-state index contributed by atoms with van der Waals surface area (Å²) >= 11 is 0. The topological polar surface area (TPSA) is 73.1 Å². The van der Waals surface area contributed by atoms with Crippen LogP contribution in [-0.4, -0.2) is 18.6 Å². The molecule has 0 amide bonds. The first-order valence-corrected chi connectivity index (χ1v) is 7.50. The Bertz CT molecular complexity index is 707. The van der Waals surface area contributed by atoms with Crippen molar-refractivity contribution in [3.63, 3.8) is 0 Å². The van der Waals surface area contributed by atoms with Crippen LogP contribution in [0.5, 0.6) is 0 Å². The molecule has 1 aliphatic carbocycles. The van der Waals surface area contributed by atoms with Gasteiger partial charge in [0.05, 0.1) is 4.90 Å². The van der Waals surface area contributed by atoms with Gasteiger partial charge in [-0.1, -0.05) is 11.2 Å². The van der Waals surface area contributed by atoms with Crippen molar-refractivity contribution >= 4 is 9.84 Å². The number of sulfone groups is 1. The van der Waals surface area contributed by atoms with E-state index in [4.69, 9.17) is 4.52 Å². The largest absolute Gasteiger partial charge is 0.339 e. The van der Waals surface area contributed by atoms with Crippen molar-refractivity contribution in [1.29, 1.82) is 0 Å². The first-order valence-electron chi connectivity index (χ1n) is 5.85. The molecule has 0 bridgehead atoms. The summed E-state index contributed by atoms with van der Waals surface area (Å²) in [7, 11) is -3.65. The van der Waals surface area contributed by atoms with Gasteiger partial charge in [0.15, 0.2) is 15.7 Å². The second kappa shape index (κ2) is 4.41. The Morgan fingerprint density at radius 1 is 1.37 bits per heavy atom. The lowest BCUT2D eigenvalue weighted by molar-refractivity contribution is 0.375. The Kier molecular flexibility index (Phi) is 2.85. The van der Waals surface area contributed by atoms with Crippen molar-refractivity contribution in [2.75, 3.05) is 0 Å². The Morgan fingerprint density at radius 2 is 2.16 bits per heavy atom. The van der Waals surface area contributed by atoms with Gasteiger partial charge < -0.3 is 4.52 Å². The molecule has 7 heteroatoms. The molecule has 2 aromatic rings. The molecule has 1 aliphatic rings. The fourth-order valence-corrected chi connectivity index (χ4v) is 2.94. The first kappa shape index (κ1) is 12.3. The highest BCUT2D eigenvalue weighted by Gasteiger charge is 2.30. The monoisotopic (exact) mass is 282 g/mol. The van der Waals surface area contributed by atoms with Gasteiger partial charge in [0.25, 0.3) is 0 Å². The second-order valence-electron chi connectivity index (χ2n) is 4.54. The summed E-state index contributed by atoms with van der Waals surface area (Å²) < 4.78 is 42.2. The van der Waals surface area contributed by atoms with E-state index in [0.29, 0.717) is 5.89 Å². The summed E-state index contributed by atoms with van der Waals surface area (Å²) in [5, 5.41) is 3.65. The lowest BCUT2D eigenvalue weighted by Gasteiger charge is -2.01. The number of benzene rings is 1. The van der Waals surface area contributed by atoms with Gasteiger partial charge in [0.2, 0.25) is 5.89 Å². The molecule has 0 saturated heterocycles. The van der Waals surface area contributed by atoms with Crippen molar-refractivity contribution in [2.24, 2.45) is 0 Å². The van der Waals surface area contributed by atoms with Crippen LogP contribution in [0, 0.1) is 5.82 Å². The molecular weight excluding hydrogens is 271 g/mol. The minimum Gasteiger partial charge on any atom is -0.339 e. The molecule has 0 unspecified atom stereocenters. The zero-order valence-electron chi connectivity index (χ0n) is 9.91. The third-order valence-corrected chi connectivity index (χ3v) is 4.50. The fourth-order valence-electron chi connectivity index (χ4n) is 1.74. The van der Waals surface area contributed by atoms with Crippen LogP contribution in [0.25, 0.3) is 0 Å². The molecule has 0 radical (unpaired) electrons. The van der Waals surface area contributed by atoms with Gasteiger partial charge in [0.1, 0.15) is 11.6 Å². The highest BCUT2D eigenvalue weighted by atomic mass is 32.2. The van der Waals surface area contributed by atoms with Gasteiger partial charge in [-0.25, -0.2) is 12.8 Å². The average Bonchev–Trinajstić information content (AvgIpc) is 3.11. The molecule has 5 nitrogen and oxygen atoms in total. The van der Waals surface area contributed by atoms with Gasteiger partial charge in [-0.3, -0.25) is 0 Å². The fraction of sp³-hybridized carbons (Fsp3) is 0.333. The molecule has 0 spiro atoms. The normalized spacial score (nSPS) is 15.6. The molecule has 100 valence electrons. The number of rotatable bonds is 4. The van der Waals surface area contributed by atoms with E-state index in [-0.39, 0.29) is 22.4 Å². The van der Waals surface area contributed by atoms with Crippen molar-refractivity contribution in [3.8, 4) is 0 Å². The smallest absolute Gasteiger partial charge is 0.229 e. The van der Waals surface area contributed by atoms with Crippen molar-refractivity contribution < 1.29 is 17.3 Å². The van der Waals surface area contributed by atoms with Crippen LogP contribution in [-0.2, 0) is 15.6 Å². The summed E-state index contributed by atoms with van der Waals surface area (Å²) in [6.45, 7) is 0. The number of hydrogen-bond donors (Lipinski definition) is 0. The maximum atomic E-state index is 13.0. The second-order valence-corrected chi connectivity index (χ2v) is 6.53. The molecule has 1 aromatic heterocycles. The van der Waals surface area contributed by atoms with E-state index in [9.17, 15) is 12.8 Å². The summed E-state index contributed by atoms with van der Waals surface area (Å²) in [4.78, 5) is 3.98. The maximum Gasteiger partial charge on any atom is 0.229 e. The van der Waals surface area contributed by atoms with E-state index in [2.05, 4.69) is 10.1 Å². The number of nitrogens with zero attached hydrogens (tertiary/aromatic N) is 2. The highest BCUT2D eigenvalue weighted by molar-refractivity contribution is 7.90. The van der Waals surface area contributed by atoms with E-state index >= 15 is 0 Å². The molecule has 3 rings (SSSR count).